The van der Waals surface area contributed by atoms with Gasteiger partial charge in [-0.2, -0.15) is 10.2 Å². The third-order valence-electron chi connectivity index (χ3n) is 2.70. The van der Waals surface area contributed by atoms with E-state index in [1.165, 1.54) is 12.1 Å². The third kappa shape index (κ3) is 4.21. The highest BCUT2D eigenvalue weighted by Crippen LogP contribution is 2.20. The number of nitrogen functional groups attached to an aromatic ring is 1. The van der Waals surface area contributed by atoms with E-state index in [9.17, 15) is 8.42 Å². The van der Waals surface area contributed by atoms with Crippen LogP contribution < -0.4 is 10.5 Å². The van der Waals surface area contributed by atoms with Crippen molar-refractivity contribution in [3.8, 4) is 0 Å². The van der Waals surface area contributed by atoms with Gasteiger partial charge in [-0.15, -0.1) is 0 Å². The summed E-state index contributed by atoms with van der Waals surface area (Å²) in [6, 6.07) is 12.9. The molecule has 2 aromatic rings. The summed E-state index contributed by atoms with van der Waals surface area (Å²) in [5.74, 6) is 0. The fourth-order valence-electron chi connectivity index (χ4n) is 1.58. The molecule has 2 rings (SSSR count). The summed E-state index contributed by atoms with van der Waals surface area (Å²) in [6.45, 7) is -0.0407. The van der Waals surface area contributed by atoms with E-state index in [4.69, 9.17) is 11.1 Å². The van der Waals surface area contributed by atoms with Crippen molar-refractivity contribution in [2.24, 2.45) is 10.2 Å². The van der Waals surface area contributed by atoms with Gasteiger partial charge in [-0.3, -0.25) is 0 Å². The fourth-order valence-corrected chi connectivity index (χ4v) is 2.55. The smallest absolute Gasteiger partial charge is 0.240 e. The Kier molecular flexibility index (Phi) is 4.97. The molecular formula is C14H15N5O2S. The second kappa shape index (κ2) is 6.92. The van der Waals surface area contributed by atoms with E-state index in [0.29, 0.717) is 17.1 Å². The van der Waals surface area contributed by atoms with Crippen LogP contribution in [0.15, 0.2) is 63.7 Å². The summed E-state index contributed by atoms with van der Waals surface area (Å²) < 4.78 is 25.9. The number of benzene rings is 2. The Morgan fingerprint density at radius 1 is 1.00 bits per heavy atom. The topological polar surface area (TPSA) is 121 Å². The fraction of sp³-hybridized carbons (Fsp3) is 0.0714. The second-order valence-electron chi connectivity index (χ2n) is 4.34. The molecule has 0 aliphatic heterocycles. The standard InChI is InChI=1S/C14H15N5O2S/c15-9-10-17-22(20,21)14-7-5-13(6-8-14)19-18-12-3-1-11(16)2-4-12/h1-9,15,17H,10,16H2. The highest BCUT2D eigenvalue weighted by molar-refractivity contribution is 7.89. The van der Waals surface area contributed by atoms with Crippen molar-refractivity contribution in [2.75, 3.05) is 12.3 Å². The monoisotopic (exact) mass is 317 g/mol. The molecule has 0 unspecified atom stereocenters. The van der Waals surface area contributed by atoms with E-state index in [1.807, 2.05) is 0 Å². The van der Waals surface area contributed by atoms with Crippen molar-refractivity contribution >= 4 is 33.3 Å². The lowest BCUT2D eigenvalue weighted by molar-refractivity contribution is 0.586. The molecule has 0 aromatic heterocycles. The molecule has 0 bridgehead atoms. The van der Waals surface area contributed by atoms with E-state index < -0.39 is 10.0 Å². The Bertz CT molecular complexity index is 768. The maximum Gasteiger partial charge on any atom is 0.240 e. The van der Waals surface area contributed by atoms with Crippen LogP contribution in [0, 0.1) is 5.41 Å². The molecule has 0 spiro atoms. The summed E-state index contributed by atoms with van der Waals surface area (Å²) in [5.41, 5.74) is 7.40. The first-order valence-corrected chi connectivity index (χ1v) is 7.85. The Morgan fingerprint density at radius 3 is 2.00 bits per heavy atom. The molecule has 4 N–H and O–H groups in total. The molecule has 0 aliphatic rings. The predicted molar refractivity (Wildman–Crippen MR) is 85.4 cm³/mol. The van der Waals surface area contributed by atoms with Gasteiger partial charge in [0.1, 0.15) is 0 Å². The minimum absolute atomic E-state index is 0.0407. The normalized spacial score (nSPS) is 11.6. The molecule has 0 saturated carbocycles. The number of hydrogen-bond donors (Lipinski definition) is 3. The molecule has 114 valence electrons. The van der Waals surface area contributed by atoms with Crippen LogP contribution in [-0.4, -0.2) is 21.2 Å². The van der Waals surface area contributed by atoms with E-state index >= 15 is 0 Å². The molecule has 22 heavy (non-hydrogen) atoms. The zero-order chi connectivity index (χ0) is 16.0. The number of rotatable bonds is 6. The van der Waals surface area contributed by atoms with Gasteiger partial charge in [0.05, 0.1) is 16.3 Å². The molecule has 0 amide bonds. The van der Waals surface area contributed by atoms with Gasteiger partial charge in [-0.25, -0.2) is 13.1 Å². The van der Waals surface area contributed by atoms with E-state index in [2.05, 4.69) is 15.0 Å². The Labute approximate surface area is 128 Å². The highest BCUT2D eigenvalue weighted by Gasteiger charge is 2.12. The van der Waals surface area contributed by atoms with Crippen LogP contribution in [-0.2, 0) is 10.0 Å². The first kappa shape index (κ1) is 15.8. The SMILES string of the molecule is N=CCNS(=O)(=O)c1ccc(N=Nc2ccc(N)cc2)cc1. The van der Waals surface area contributed by atoms with Gasteiger partial charge in [-0.1, -0.05) is 0 Å². The third-order valence-corrected chi connectivity index (χ3v) is 4.14. The van der Waals surface area contributed by atoms with Crippen molar-refractivity contribution in [1.29, 1.82) is 5.41 Å². The van der Waals surface area contributed by atoms with Crippen LogP contribution in [0.2, 0.25) is 0 Å². The van der Waals surface area contributed by atoms with E-state index in [0.717, 1.165) is 6.21 Å². The number of sulfonamides is 1. The van der Waals surface area contributed by atoms with Crippen molar-refractivity contribution in [2.45, 2.75) is 4.90 Å². The van der Waals surface area contributed by atoms with Gasteiger partial charge in [0.2, 0.25) is 10.0 Å². The lowest BCUT2D eigenvalue weighted by Gasteiger charge is -2.04. The zero-order valence-corrected chi connectivity index (χ0v) is 12.4. The van der Waals surface area contributed by atoms with Crippen LogP contribution in [0.25, 0.3) is 0 Å². The van der Waals surface area contributed by atoms with Gasteiger partial charge < -0.3 is 11.1 Å². The van der Waals surface area contributed by atoms with Crippen molar-refractivity contribution in [1.82, 2.24) is 4.72 Å². The second-order valence-corrected chi connectivity index (χ2v) is 6.11. The number of anilines is 1. The van der Waals surface area contributed by atoms with Crippen molar-refractivity contribution in [3.05, 3.63) is 48.5 Å². The van der Waals surface area contributed by atoms with Crippen molar-refractivity contribution < 1.29 is 8.42 Å². The van der Waals surface area contributed by atoms with Gasteiger partial charge in [0.15, 0.2) is 0 Å². The number of nitrogens with two attached hydrogens (primary N) is 1. The van der Waals surface area contributed by atoms with Gasteiger partial charge in [-0.05, 0) is 48.5 Å². The zero-order valence-electron chi connectivity index (χ0n) is 11.6. The van der Waals surface area contributed by atoms with Crippen LogP contribution in [0.5, 0.6) is 0 Å². The summed E-state index contributed by atoms with van der Waals surface area (Å²) >= 11 is 0. The molecule has 7 nitrogen and oxygen atoms in total. The Morgan fingerprint density at radius 2 is 1.50 bits per heavy atom. The van der Waals surface area contributed by atoms with Crippen LogP contribution in [0.4, 0.5) is 17.1 Å². The van der Waals surface area contributed by atoms with Gasteiger partial charge in [0, 0.05) is 18.4 Å². The molecule has 8 heteroatoms. The molecule has 0 heterocycles. The minimum atomic E-state index is -3.60. The summed E-state index contributed by atoms with van der Waals surface area (Å²) in [7, 11) is -3.60. The highest BCUT2D eigenvalue weighted by atomic mass is 32.2. The maximum absolute atomic E-state index is 11.8. The maximum atomic E-state index is 11.8. The predicted octanol–water partition coefficient (Wildman–Crippen LogP) is 2.61. The van der Waals surface area contributed by atoms with Crippen molar-refractivity contribution in [3.63, 3.8) is 0 Å². The number of nitrogens with zero attached hydrogens (tertiary/aromatic N) is 2. The Balaban J connectivity index is 2.12. The summed E-state index contributed by atoms with van der Waals surface area (Å²) in [6.07, 6.45) is 0.979. The number of hydrogen-bond acceptors (Lipinski definition) is 6. The van der Waals surface area contributed by atoms with Gasteiger partial charge >= 0.3 is 0 Å². The average molecular weight is 317 g/mol. The summed E-state index contributed by atoms with van der Waals surface area (Å²) in [5, 5.41) is 14.9. The summed E-state index contributed by atoms with van der Waals surface area (Å²) in [4.78, 5) is 0.112. The van der Waals surface area contributed by atoms with Crippen LogP contribution in [0.3, 0.4) is 0 Å². The number of nitrogens with one attached hydrogen (secondary N) is 2. The largest absolute Gasteiger partial charge is 0.399 e. The molecule has 0 fully saturated rings. The lowest BCUT2D eigenvalue weighted by atomic mass is 10.3. The molecule has 0 radical (unpaired) electrons. The lowest BCUT2D eigenvalue weighted by Crippen LogP contribution is -2.25. The molecule has 0 saturated heterocycles. The molecule has 0 atom stereocenters. The molecule has 0 aliphatic carbocycles. The van der Waals surface area contributed by atoms with E-state index in [1.54, 1.807) is 36.4 Å². The quantitative estimate of drug-likeness (QED) is 0.431. The first-order chi connectivity index (χ1) is 10.5. The van der Waals surface area contributed by atoms with Crippen LogP contribution >= 0.6 is 0 Å². The Hall–Kier alpha value is -2.58. The first-order valence-electron chi connectivity index (χ1n) is 6.37. The minimum Gasteiger partial charge on any atom is -0.399 e. The van der Waals surface area contributed by atoms with Crippen LogP contribution in [0.1, 0.15) is 0 Å². The molecular weight excluding hydrogens is 302 g/mol. The molecule has 2 aromatic carbocycles. The van der Waals surface area contributed by atoms with Gasteiger partial charge in [0.25, 0.3) is 0 Å². The van der Waals surface area contributed by atoms with E-state index in [-0.39, 0.29) is 11.4 Å². The number of azo groups is 1. The average Bonchev–Trinajstić information content (AvgIpc) is 2.53.